The van der Waals surface area contributed by atoms with Gasteiger partial charge in [-0.15, -0.1) is 0 Å². The Labute approximate surface area is 162 Å². The summed E-state index contributed by atoms with van der Waals surface area (Å²) in [6, 6.07) is 15.6. The zero-order valence-electron chi connectivity index (χ0n) is 17.2. The number of carbonyl (C=O) groups excluding carboxylic acids is 1. The summed E-state index contributed by atoms with van der Waals surface area (Å²) in [7, 11) is 1.62. The Morgan fingerprint density at radius 1 is 1.00 bits per heavy atom. The molecule has 4 heteroatoms. The van der Waals surface area contributed by atoms with Gasteiger partial charge in [-0.2, -0.15) is 0 Å². The van der Waals surface area contributed by atoms with Gasteiger partial charge >= 0.3 is 0 Å². The lowest BCUT2D eigenvalue weighted by Crippen LogP contribution is -2.39. The second-order valence-electron chi connectivity index (χ2n) is 7.79. The van der Waals surface area contributed by atoms with E-state index in [1.54, 1.807) is 7.11 Å². The first-order valence-electron chi connectivity index (χ1n) is 9.46. The van der Waals surface area contributed by atoms with Gasteiger partial charge in [0.05, 0.1) is 13.2 Å². The van der Waals surface area contributed by atoms with Crippen LogP contribution in [0.1, 0.15) is 58.2 Å². The molecule has 1 amide bonds. The third kappa shape index (κ3) is 5.75. The van der Waals surface area contributed by atoms with Crippen LogP contribution < -0.4 is 14.8 Å². The molecule has 27 heavy (non-hydrogen) atoms. The Morgan fingerprint density at radius 2 is 1.56 bits per heavy atom. The van der Waals surface area contributed by atoms with Gasteiger partial charge in [0, 0.05) is 0 Å². The van der Waals surface area contributed by atoms with Gasteiger partial charge in [0.1, 0.15) is 11.5 Å². The van der Waals surface area contributed by atoms with E-state index in [1.807, 2.05) is 38.1 Å². The highest BCUT2D eigenvalue weighted by molar-refractivity contribution is 5.81. The van der Waals surface area contributed by atoms with Crippen molar-refractivity contribution < 1.29 is 14.3 Å². The second-order valence-corrected chi connectivity index (χ2v) is 7.79. The quantitative estimate of drug-likeness (QED) is 0.745. The highest BCUT2D eigenvalue weighted by atomic mass is 16.5. The molecule has 0 fully saturated rings. The lowest BCUT2D eigenvalue weighted by molar-refractivity contribution is -0.128. The number of hydrogen-bond acceptors (Lipinski definition) is 3. The molecule has 0 unspecified atom stereocenters. The SMILES string of the molecule is CC[C@H](Oc1ccc(OC)cc1)C(=O)N[C@@H](C)c1ccc(C(C)(C)C)cc1. The fourth-order valence-electron chi connectivity index (χ4n) is 2.80. The number of benzene rings is 2. The van der Waals surface area contributed by atoms with E-state index in [2.05, 4.69) is 50.4 Å². The van der Waals surface area contributed by atoms with Crippen LogP contribution in [-0.2, 0) is 10.2 Å². The average molecular weight is 370 g/mol. The van der Waals surface area contributed by atoms with E-state index in [0.29, 0.717) is 12.2 Å². The van der Waals surface area contributed by atoms with E-state index in [1.165, 1.54) is 5.56 Å². The number of ether oxygens (including phenoxy) is 2. The van der Waals surface area contributed by atoms with E-state index in [-0.39, 0.29) is 17.4 Å². The van der Waals surface area contributed by atoms with Crippen LogP contribution in [0.15, 0.2) is 48.5 Å². The van der Waals surface area contributed by atoms with E-state index in [0.717, 1.165) is 11.3 Å². The third-order valence-electron chi connectivity index (χ3n) is 4.64. The van der Waals surface area contributed by atoms with Crippen molar-refractivity contribution in [2.75, 3.05) is 7.11 Å². The number of nitrogens with one attached hydrogen (secondary N) is 1. The highest BCUT2D eigenvalue weighted by Gasteiger charge is 2.21. The van der Waals surface area contributed by atoms with E-state index < -0.39 is 6.10 Å². The van der Waals surface area contributed by atoms with Crippen LogP contribution in [0.3, 0.4) is 0 Å². The molecule has 146 valence electrons. The highest BCUT2D eigenvalue weighted by Crippen LogP contribution is 2.24. The zero-order valence-corrected chi connectivity index (χ0v) is 17.2. The van der Waals surface area contributed by atoms with Crippen molar-refractivity contribution in [3.05, 3.63) is 59.7 Å². The van der Waals surface area contributed by atoms with Gasteiger partial charge in [0.15, 0.2) is 6.10 Å². The van der Waals surface area contributed by atoms with Crippen LogP contribution in [-0.4, -0.2) is 19.1 Å². The molecule has 0 aliphatic heterocycles. The van der Waals surface area contributed by atoms with Crippen LogP contribution in [0.5, 0.6) is 11.5 Å². The third-order valence-corrected chi connectivity index (χ3v) is 4.64. The summed E-state index contributed by atoms with van der Waals surface area (Å²) in [6.45, 7) is 10.5. The molecule has 0 bridgehead atoms. The van der Waals surface area contributed by atoms with E-state index in [9.17, 15) is 4.79 Å². The largest absolute Gasteiger partial charge is 0.497 e. The molecule has 1 N–H and O–H groups in total. The summed E-state index contributed by atoms with van der Waals surface area (Å²) in [5, 5.41) is 3.06. The second kappa shape index (κ2) is 8.94. The first-order valence-corrected chi connectivity index (χ1v) is 9.46. The number of methoxy groups -OCH3 is 1. The first-order chi connectivity index (χ1) is 12.7. The normalized spacial score (nSPS) is 13.6. The van der Waals surface area contributed by atoms with Gasteiger partial charge in [-0.1, -0.05) is 52.0 Å². The van der Waals surface area contributed by atoms with Crippen LogP contribution >= 0.6 is 0 Å². The Kier molecular flexibility index (Phi) is 6.89. The molecule has 0 saturated carbocycles. The zero-order chi connectivity index (χ0) is 20.0. The maximum absolute atomic E-state index is 12.7. The van der Waals surface area contributed by atoms with Gasteiger partial charge in [-0.05, 0) is 54.2 Å². The van der Waals surface area contributed by atoms with Crippen molar-refractivity contribution in [1.82, 2.24) is 5.32 Å². The smallest absolute Gasteiger partial charge is 0.261 e. The van der Waals surface area contributed by atoms with Gasteiger partial charge in [0.25, 0.3) is 5.91 Å². The van der Waals surface area contributed by atoms with Crippen molar-refractivity contribution >= 4 is 5.91 Å². The fourth-order valence-corrected chi connectivity index (χ4v) is 2.80. The predicted octanol–water partition coefficient (Wildman–Crippen LogP) is 5.03. The number of amides is 1. The molecule has 0 spiro atoms. The lowest BCUT2D eigenvalue weighted by atomic mass is 9.86. The molecule has 2 aromatic carbocycles. The number of hydrogen-bond donors (Lipinski definition) is 1. The summed E-state index contributed by atoms with van der Waals surface area (Å²) >= 11 is 0. The maximum atomic E-state index is 12.7. The first kappa shape index (κ1) is 20.8. The minimum Gasteiger partial charge on any atom is -0.497 e. The summed E-state index contributed by atoms with van der Waals surface area (Å²) in [4.78, 5) is 12.7. The van der Waals surface area contributed by atoms with Crippen LogP contribution in [0.25, 0.3) is 0 Å². The van der Waals surface area contributed by atoms with Crippen molar-refractivity contribution in [2.45, 2.75) is 58.6 Å². The molecule has 0 radical (unpaired) electrons. The van der Waals surface area contributed by atoms with Crippen molar-refractivity contribution in [2.24, 2.45) is 0 Å². The molecule has 2 atom stereocenters. The topological polar surface area (TPSA) is 47.6 Å². The molecular formula is C23H31NO3. The standard InChI is InChI=1S/C23H31NO3/c1-7-21(27-20-14-12-19(26-6)13-15-20)22(25)24-16(2)17-8-10-18(11-9-17)23(3,4)5/h8-16,21H,7H2,1-6H3,(H,24,25)/t16-,21-/m0/s1. The Hall–Kier alpha value is -2.49. The molecule has 0 aliphatic carbocycles. The van der Waals surface area contributed by atoms with Crippen molar-refractivity contribution in [1.29, 1.82) is 0 Å². The Bertz CT molecular complexity index is 730. The lowest BCUT2D eigenvalue weighted by Gasteiger charge is -2.22. The van der Waals surface area contributed by atoms with E-state index >= 15 is 0 Å². The summed E-state index contributed by atoms with van der Waals surface area (Å²) in [6.07, 6.45) is 0.0581. The molecular weight excluding hydrogens is 338 g/mol. The molecule has 0 saturated heterocycles. The Morgan fingerprint density at radius 3 is 2.04 bits per heavy atom. The van der Waals surface area contributed by atoms with E-state index in [4.69, 9.17) is 9.47 Å². The van der Waals surface area contributed by atoms with Crippen LogP contribution in [0.2, 0.25) is 0 Å². The molecule has 0 aromatic heterocycles. The minimum absolute atomic E-state index is 0.0833. The van der Waals surface area contributed by atoms with Crippen LogP contribution in [0, 0.1) is 0 Å². The van der Waals surface area contributed by atoms with Crippen LogP contribution in [0.4, 0.5) is 0 Å². The predicted molar refractivity (Wildman–Crippen MR) is 109 cm³/mol. The van der Waals surface area contributed by atoms with Gasteiger partial charge in [-0.3, -0.25) is 4.79 Å². The minimum atomic E-state index is -0.533. The number of rotatable bonds is 7. The molecule has 4 nitrogen and oxygen atoms in total. The summed E-state index contributed by atoms with van der Waals surface area (Å²) < 4.78 is 11.0. The molecule has 0 aliphatic rings. The average Bonchev–Trinajstić information content (AvgIpc) is 2.65. The summed E-state index contributed by atoms with van der Waals surface area (Å²) in [5.41, 5.74) is 2.47. The summed E-state index contributed by atoms with van der Waals surface area (Å²) in [5.74, 6) is 1.30. The van der Waals surface area contributed by atoms with Crippen molar-refractivity contribution in [3.63, 3.8) is 0 Å². The number of carbonyl (C=O) groups is 1. The van der Waals surface area contributed by atoms with Gasteiger partial charge < -0.3 is 14.8 Å². The molecule has 2 rings (SSSR count). The Balaban J connectivity index is 2.00. The monoisotopic (exact) mass is 369 g/mol. The van der Waals surface area contributed by atoms with Crippen molar-refractivity contribution in [3.8, 4) is 11.5 Å². The van der Waals surface area contributed by atoms with Gasteiger partial charge in [-0.25, -0.2) is 0 Å². The molecule has 0 heterocycles. The van der Waals surface area contributed by atoms with Gasteiger partial charge in [0.2, 0.25) is 0 Å². The molecule has 2 aromatic rings. The maximum Gasteiger partial charge on any atom is 0.261 e. The fraction of sp³-hybridized carbons (Fsp3) is 0.435.